The molecule has 25 heavy (non-hydrogen) atoms. The van der Waals surface area contributed by atoms with Crippen LogP contribution in [-0.2, 0) is 0 Å². The molecule has 1 aliphatic rings. The minimum Gasteiger partial charge on any atom is -0.491 e. The lowest BCUT2D eigenvalue weighted by Gasteiger charge is -2.26. The number of nitrogens with zero attached hydrogens (tertiary/aromatic N) is 2. The number of nitrogens with two attached hydrogens (primary N) is 1. The van der Waals surface area contributed by atoms with Gasteiger partial charge >= 0.3 is 0 Å². The molecule has 4 rings (SSSR count). The maximum Gasteiger partial charge on any atom is 0.129 e. The molecule has 0 saturated carbocycles. The smallest absolute Gasteiger partial charge is 0.129 e. The maximum absolute atomic E-state index is 5.99. The van der Waals surface area contributed by atoms with Gasteiger partial charge in [-0.2, -0.15) is 0 Å². The van der Waals surface area contributed by atoms with E-state index in [9.17, 15) is 0 Å². The number of benzene rings is 2. The predicted octanol–water partition coefficient (Wildman–Crippen LogP) is 4.17. The number of pyridine rings is 1. The van der Waals surface area contributed by atoms with E-state index in [1.165, 1.54) is 17.4 Å². The standard InChI is InChI=1S/C21H23N3O/c1-15-13-21(23-20-7-3-2-6-19(15)20)24-12-4-5-17(24)14-25-18-10-8-16(22)9-11-18/h2-3,6-11,13,17H,4-5,12,14,22H2,1H3/t17-/m0/s1. The molecule has 128 valence electrons. The molecular formula is C21H23N3O. The Labute approximate surface area is 148 Å². The Morgan fingerprint density at radius 3 is 2.80 bits per heavy atom. The maximum atomic E-state index is 5.99. The van der Waals surface area contributed by atoms with Crippen molar-refractivity contribution in [3.05, 3.63) is 60.2 Å². The first kappa shape index (κ1) is 15.8. The first-order valence-corrected chi connectivity index (χ1v) is 8.82. The highest BCUT2D eigenvalue weighted by Gasteiger charge is 2.26. The second-order valence-electron chi connectivity index (χ2n) is 6.68. The lowest BCUT2D eigenvalue weighted by atomic mass is 10.1. The largest absolute Gasteiger partial charge is 0.491 e. The highest BCUT2D eigenvalue weighted by atomic mass is 16.5. The number of aryl methyl sites for hydroxylation is 1. The third-order valence-electron chi connectivity index (χ3n) is 4.90. The number of fused-ring (bicyclic) bond motifs is 1. The minimum absolute atomic E-state index is 0.352. The quantitative estimate of drug-likeness (QED) is 0.728. The van der Waals surface area contributed by atoms with E-state index in [1.807, 2.05) is 30.3 Å². The fourth-order valence-electron chi connectivity index (χ4n) is 3.55. The number of ether oxygens (including phenoxy) is 1. The molecular weight excluding hydrogens is 310 g/mol. The molecule has 0 radical (unpaired) electrons. The third kappa shape index (κ3) is 3.25. The Kier molecular flexibility index (Phi) is 4.18. The summed E-state index contributed by atoms with van der Waals surface area (Å²) in [4.78, 5) is 7.27. The van der Waals surface area contributed by atoms with E-state index in [2.05, 4.69) is 36.1 Å². The highest BCUT2D eigenvalue weighted by molar-refractivity contribution is 5.83. The van der Waals surface area contributed by atoms with E-state index in [0.29, 0.717) is 12.6 Å². The van der Waals surface area contributed by atoms with Crippen molar-refractivity contribution in [2.24, 2.45) is 0 Å². The highest BCUT2D eigenvalue weighted by Crippen LogP contribution is 2.28. The molecule has 0 spiro atoms. The molecule has 0 aliphatic carbocycles. The van der Waals surface area contributed by atoms with E-state index in [4.69, 9.17) is 15.5 Å². The Morgan fingerprint density at radius 2 is 1.96 bits per heavy atom. The molecule has 2 aromatic carbocycles. The molecule has 0 unspecified atom stereocenters. The number of hydrogen-bond donors (Lipinski definition) is 1. The molecule has 2 heterocycles. The molecule has 1 aliphatic heterocycles. The van der Waals surface area contributed by atoms with Gasteiger partial charge in [0.25, 0.3) is 0 Å². The van der Waals surface area contributed by atoms with Crippen LogP contribution in [0.1, 0.15) is 18.4 Å². The van der Waals surface area contributed by atoms with Crippen LogP contribution >= 0.6 is 0 Å². The summed E-state index contributed by atoms with van der Waals surface area (Å²) in [5, 5.41) is 1.22. The summed E-state index contributed by atoms with van der Waals surface area (Å²) in [6, 6.07) is 18.5. The van der Waals surface area contributed by atoms with E-state index in [1.54, 1.807) is 0 Å². The molecule has 1 aromatic heterocycles. The van der Waals surface area contributed by atoms with Gasteiger partial charge < -0.3 is 15.4 Å². The van der Waals surface area contributed by atoms with Gasteiger partial charge in [-0.1, -0.05) is 18.2 Å². The summed E-state index contributed by atoms with van der Waals surface area (Å²) >= 11 is 0. The molecule has 4 heteroatoms. The van der Waals surface area contributed by atoms with Crippen molar-refractivity contribution in [1.29, 1.82) is 0 Å². The van der Waals surface area contributed by atoms with Crippen LogP contribution in [0.4, 0.5) is 11.5 Å². The molecule has 1 atom stereocenters. The topological polar surface area (TPSA) is 51.4 Å². The summed E-state index contributed by atoms with van der Waals surface area (Å²) in [6.45, 7) is 3.85. The van der Waals surface area contributed by atoms with E-state index >= 15 is 0 Å². The summed E-state index contributed by atoms with van der Waals surface area (Å²) in [5.41, 5.74) is 8.81. The number of para-hydroxylation sites is 1. The van der Waals surface area contributed by atoms with E-state index in [-0.39, 0.29) is 0 Å². The molecule has 1 fully saturated rings. The monoisotopic (exact) mass is 333 g/mol. The van der Waals surface area contributed by atoms with Crippen molar-refractivity contribution >= 4 is 22.4 Å². The van der Waals surface area contributed by atoms with Crippen LogP contribution in [0.15, 0.2) is 54.6 Å². The third-order valence-corrected chi connectivity index (χ3v) is 4.90. The Bertz CT molecular complexity index is 876. The zero-order valence-corrected chi connectivity index (χ0v) is 14.5. The summed E-state index contributed by atoms with van der Waals surface area (Å²) in [6.07, 6.45) is 2.30. The number of nitrogen functional groups attached to an aromatic ring is 1. The fraction of sp³-hybridized carbons (Fsp3) is 0.286. The van der Waals surface area contributed by atoms with Gasteiger partial charge in [0.1, 0.15) is 18.2 Å². The van der Waals surface area contributed by atoms with Gasteiger partial charge in [0, 0.05) is 17.6 Å². The lowest BCUT2D eigenvalue weighted by Crippen LogP contribution is -2.34. The zero-order chi connectivity index (χ0) is 17.2. The summed E-state index contributed by atoms with van der Waals surface area (Å²) in [5.74, 6) is 1.92. The van der Waals surface area contributed by atoms with Gasteiger partial charge in [-0.25, -0.2) is 4.98 Å². The van der Waals surface area contributed by atoms with Crippen molar-refractivity contribution in [1.82, 2.24) is 4.98 Å². The van der Waals surface area contributed by atoms with Gasteiger partial charge in [-0.3, -0.25) is 0 Å². The van der Waals surface area contributed by atoms with Crippen LogP contribution in [0.3, 0.4) is 0 Å². The predicted molar refractivity (Wildman–Crippen MR) is 103 cm³/mol. The first-order chi connectivity index (χ1) is 12.2. The molecule has 1 saturated heterocycles. The fourth-order valence-corrected chi connectivity index (χ4v) is 3.55. The van der Waals surface area contributed by atoms with Crippen molar-refractivity contribution < 1.29 is 4.74 Å². The van der Waals surface area contributed by atoms with Crippen molar-refractivity contribution in [2.45, 2.75) is 25.8 Å². The van der Waals surface area contributed by atoms with Crippen LogP contribution in [0.5, 0.6) is 5.75 Å². The van der Waals surface area contributed by atoms with E-state index in [0.717, 1.165) is 35.7 Å². The molecule has 0 amide bonds. The Hall–Kier alpha value is -2.75. The van der Waals surface area contributed by atoms with Gasteiger partial charge in [-0.15, -0.1) is 0 Å². The second-order valence-corrected chi connectivity index (χ2v) is 6.68. The number of anilines is 2. The molecule has 3 aromatic rings. The molecule has 0 bridgehead atoms. The first-order valence-electron chi connectivity index (χ1n) is 8.82. The van der Waals surface area contributed by atoms with Gasteiger partial charge in [-0.05, 0) is 61.7 Å². The summed E-state index contributed by atoms with van der Waals surface area (Å²) in [7, 11) is 0. The summed E-state index contributed by atoms with van der Waals surface area (Å²) < 4.78 is 5.99. The minimum atomic E-state index is 0.352. The van der Waals surface area contributed by atoms with Crippen molar-refractivity contribution in [3.8, 4) is 5.75 Å². The normalized spacial score (nSPS) is 17.2. The van der Waals surface area contributed by atoms with Crippen molar-refractivity contribution in [2.75, 3.05) is 23.8 Å². The SMILES string of the molecule is Cc1cc(N2CCC[C@H]2COc2ccc(N)cc2)nc2ccccc12. The molecule has 2 N–H and O–H groups in total. The van der Waals surface area contributed by atoms with Crippen LogP contribution < -0.4 is 15.4 Å². The van der Waals surface area contributed by atoms with Gasteiger partial charge in [0.2, 0.25) is 0 Å². The van der Waals surface area contributed by atoms with Crippen LogP contribution in [-0.4, -0.2) is 24.2 Å². The number of rotatable bonds is 4. The van der Waals surface area contributed by atoms with Crippen LogP contribution in [0.25, 0.3) is 10.9 Å². The second kappa shape index (κ2) is 6.63. The van der Waals surface area contributed by atoms with Gasteiger partial charge in [0.05, 0.1) is 11.6 Å². The number of hydrogen-bond acceptors (Lipinski definition) is 4. The Morgan fingerprint density at radius 1 is 1.16 bits per heavy atom. The average molecular weight is 333 g/mol. The van der Waals surface area contributed by atoms with Crippen LogP contribution in [0, 0.1) is 6.92 Å². The average Bonchev–Trinajstić information content (AvgIpc) is 3.10. The van der Waals surface area contributed by atoms with Gasteiger partial charge in [0.15, 0.2) is 0 Å². The Balaban J connectivity index is 1.54. The van der Waals surface area contributed by atoms with E-state index < -0.39 is 0 Å². The molecule has 4 nitrogen and oxygen atoms in total. The van der Waals surface area contributed by atoms with Crippen molar-refractivity contribution in [3.63, 3.8) is 0 Å². The zero-order valence-electron chi connectivity index (χ0n) is 14.5. The lowest BCUT2D eigenvalue weighted by molar-refractivity contribution is 0.288. The number of aromatic nitrogens is 1. The van der Waals surface area contributed by atoms with Crippen LogP contribution in [0.2, 0.25) is 0 Å².